The van der Waals surface area contributed by atoms with Crippen LogP contribution in [0.1, 0.15) is 33.8 Å². The van der Waals surface area contributed by atoms with Crippen LogP contribution in [0.3, 0.4) is 0 Å². The maximum absolute atomic E-state index is 12.8. The number of carboxylic acid groups (broad SMARTS) is 1. The highest BCUT2D eigenvalue weighted by molar-refractivity contribution is 7.99. The van der Waals surface area contributed by atoms with Gasteiger partial charge in [-0.05, 0) is 29.1 Å². The number of thiophene rings is 1. The molecule has 0 spiro atoms. The Bertz CT molecular complexity index is 889. The van der Waals surface area contributed by atoms with E-state index in [1.54, 1.807) is 24.3 Å². The molecule has 2 N–H and O–H groups in total. The first-order valence-corrected chi connectivity index (χ1v) is 11.2. The van der Waals surface area contributed by atoms with E-state index in [9.17, 15) is 19.5 Å². The number of benzene rings is 1. The van der Waals surface area contributed by atoms with Gasteiger partial charge < -0.3 is 24.6 Å². The number of Topliss-reactive ketones (excluding diaryl/α,β-unsaturated/α-hetero) is 1. The average molecular weight is 468 g/mol. The molecule has 0 aliphatic rings. The number of carbonyl (C=O) groups is 3. The van der Waals surface area contributed by atoms with E-state index in [1.165, 1.54) is 51.4 Å². The van der Waals surface area contributed by atoms with Crippen molar-refractivity contribution in [2.24, 2.45) is 0 Å². The molecule has 0 aliphatic carbocycles. The Morgan fingerprint density at radius 3 is 2.23 bits per heavy atom. The van der Waals surface area contributed by atoms with Crippen LogP contribution in [0.4, 0.5) is 0 Å². The van der Waals surface area contributed by atoms with Crippen molar-refractivity contribution in [3.63, 3.8) is 0 Å². The molecule has 1 amide bonds. The van der Waals surface area contributed by atoms with Crippen LogP contribution in [0.5, 0.6) is 17.2 Å². The summed E-state index contributed by atoms with van der Waals surface area (Å²) in [6.07, 6.45) is 0.135. The predicted octanol–water partition coefficient (Wildman–Crippen LogP) is 3.41. The summed E-state index contributed by atoms with van der Waals surface area (Å²) >= 11 is 2.61. The van der Waals surface area contributed by atoms with E-state index in [-0.39, 0.29) is 18.0 Å². The van der Waals surface area contributed by atoms with Gasteiger partial charge in [0.15, 0.2) is 17.3 Å². The highest BCUT2D eigenvalue weighted by Gasteiger charge is 2.26. The third kappa shape index (κ3) is 6.63. The molecule has 8 nitrogen and oxygen atoms in total. The summed E-state index contributed by atoms with van der Waals surface area (Å²) in [5.41, 5.74) is 0.719. The minimum absolute atomic E-state index is 0.0624. The summed E-state index contributed by atoms with van der Waals surface area (Å²) in [6.45, 7) is 1.26. The Morgan fingerprint density at radius 2 is 1.77 bits per heavy atom. The number of ketones is 1. The maximum atomic E-state index is 12.8. The molecule has 1 aromatic heterocycles. The van der Waals surface area contributed by atoms with E-state index >= 15 is 0 Å². The number of hydrogen-bond donors (Lipinski definition) is 2. The smallest absolute Gasteiger partial charge is 0.327 e. The summed E-state index contributed by atoms with van der Waals surface area (Å²) in [6, 6.07) is 5.96. The van der Waals surface area contributed by atoms with Crippen molar-refractivity contribution < 1.29 is 33.7 Å². The van der Waals surface area contributed by atoms with E-state index in [4.69, 9.17) is 14.2 Å². The topological polar surface area (TPSA) is 111 Å². The molecular weight excluding hydrogens is 442 g/mol. The summed E-state index contributed by atoms with van der Waals surface area (Å²) in [5, 5.41) is 13.3. The van der Waals surface area contributed by atoms with Crippen LogP contribution in [0, 0.1) is 0 Å². The minimum Gasteiger partial charge on any atom is -0.493 e. The van der Waals surface area contributed by atoms with Gasteiger partial charge in [-0.25, -0.2) is 4.79 Å². The SMILES string of the molecule is COc1cc([C@@H](CC(=O)c2cccs2)SC[C@@H](NC(C)=O)C(=O)O)cc(OC)c1OC. The zero-order chi connectivity index (χ0) is 23.0. The number of nitrogens with one attached hydrogen (secondary N) is 1. The molecule has 1 heterocycles. The summed E-state index contributed by atoms with van der Waals surface area (Å²) in [4.78, 5) is 36.3. The van der Waals surface area contributed by atoms with Gasteiger partial charge in [-0.15, -0.1) is 11.3 Å². The molecule has 31 heavy (non-hydrogen) atoms. The van der Waals surface area contributed by atoms with E-state index < -0.39 is 23.2 Å². The second-order valence-corrected chi connectivity index (χ2v) is 8.66. The lowest BCUT2D eigenvalue weighted by molar-refractivity contribution is -0.140. The van der Waals surface area contributed by atoms with Crippen LogP contribution in [-0.2, 0) is 9.59 Å². The van der Waals surface area contributed by atoms with Crippen LogP contribution in [-0.4, -0.2) is 55.9 Å². The number of aliphatic carboxylic acids is 1. The van der Waals surface area contributed by atoms with Crippen LogP contribution in [0.15, 0.2) is 29.6 Å². The molecule has 0 saturated heterocycles. The second-order valence-electron chi connectivity index (χ2n) is 6.48. The first-order valence-electron chi connectivity index (χ1n) is 9.28. The summed E-state index contributed by atoms with van der Waals surface area (Å²) in [5.74, 6) is -0.279. The Kier molecular flexibility index (Phi) is 9.20. The number of thioether (sulfide) groups is 1. The van der Waals surface area contributed by atoms with Gasteiger partial charge in [-0.1, -0.05) is 6.07 Å². The molecule has 0 unspecified atom stereocenters. The van der Waals surface area contributed by atoms with Gasteiger partial charge in [0, 0.05) is 24.3 Å². The van der Waals surface area contributed by atoms with E-state index in [0.29, 0.717) is 22.1 Å². The standard InChI is InChI=1S/C21H25NO7S2/c1-12(23)22-14(21(25)26)11-31-19(10-15(24)18-6-5-7-30-18)13-8-16(27-2)20(29-4)17(9-13)28-3/h5-9,14,19H,10-11H2,1-4H3,(H,22,23)(H,25,26)/t14-,19-/m1/s1. The normalized spacial score (nSPS) is 12.5. The van der Waals surface area contributed by atoms with Crippen molar-refractivity contribution in [3.8, 4) is 17.2 Å². The third-order valence-electron chi connectivity index (χ3n) is 4.37. The van der Waals surface area contributed by atoms with Crippen LogP contribution in [0.2, 0.25) is 0 Å². The Labute approximate surface area is 188 Å². The van der Waals surface area contributed by atoms with Crippen LogP contribution in [0.25, 0.3) is 0 Å². The van der Waals surface area contributed by atoms with Gasteiger partial charge in [0.25, 0.3) is 0 Å². The largest absolute Gasteiger partial charge is 0.493 e. The lowest BCUT2D eigenvalue weighted by Gasteiger charge is -2.22. The Morgan fingerprint density at radius 1 is 1.13 bits per heavy atom. The van der Waals surface area contributed by atoms with Gasteiger partial charge in [-0.3, -0.25) is 9.59 Å². The van der Waals surface area contributed by atoms with Crippen molar-refractivity contribution in [2.45, 2.75) is 24.6 Å². The Balaban J connectivity index is 2.38. The first-order chi connectivity index (χ1) is 14.8. The van der Waals surface area contributed by atoms with Gasteiger partial charge in [0.2, 0.25) is 11.7 Å². The molecule has 2 atom stereocenters. The van der Waals surface area contributed by atoms with E-state index in [1.807, 2.05) is 5.38 Å². The lowest BCUT2D eigenvalue weighted by Crippen LogP contribution is -2.41. The van der Waals surface area contributed by atoms with Crippen molar-refractivity contribution in [3.05, 3.63) is 40.1 Å². The molecule has 10 heteroatoms. The number of carbonyl (C=O) groups excluding carboxylic acids is 2. The quantitative estimate of drug-likeness (QED) is 0.457. The van der Waals surface area contributed by atoms with Gasteiger partial charge >= 0.3 is 5.97 Å². The lowest BCUT2D eigenvalue weighted by atomic mass is 10.0. The maximum Gasteiger partial charge on any atom is 0.327 e. The van der Waals surface area contributed by atoms with Crippen molar-refractivity contribution in [1.29, 1.82) is 0 Å². The van der Waals surface area contributed by atoms with E-state index in [2.05, 4.69) is 5.32 Å². The summed E-state index contributed by atoms with van der Waals surface area (Å²) < 4.78 is 16.2. The number of ether oxygens (including phenoxy) is 3. The fourth-order valence-corrected chi connectivity index (χ4v) is 4.82. The molecule has 0 fully saturated rings. The Hall–Kier alpha value is -2.72. The molecule has 0 radical (unpaired) electrons. The fourth-order valence-electron chi connectivity index (χ4n) is 2.90. The molecule has 2 aromatic rings. The molecule has 0 bridgehead atoms. The van der Waals surface area contributed by atoms with Crippen molar-refractivity contribution in [1.82, 2.24) is 5.32 Å². The molecular formula is C21H25NO7S2. The first kappa shape index (κ1) is 24.5. The van der Waals surface area contributed by atoms with Crippen molar-refractivity contribution >= 4 is 40.8 Å². The van der Waals surface area contributed by atoms with E-state index in [0.717, 1.165) is 5.56 Å². The highest BCUT2D eigenvalue weighted by atomic mass is 32.2. The number of carboxylic acids is 1. The predicted molar refractivity (Wildman–Crippen MR) is 120 cm³/mol. The molecule has 0 aliphatic heterocycles. The summed E-state index contributed by atoms with van der Waals surface area (Å²) in [7, 11) is 4.49. The second kappa shape index (κ2) is 11.6. The number of rotatable bonds is 12. The molecule has 0 saturated carbocycles. The minimum atomic E-state index is -1.14. The van der Waals surface area contributed by atoms with Crippen LogP contribution >= 0.6 is 23.1 Å². The van der Waals surface area contributed by atoms with Gasteiger partial charge in [0.05, 0.1) is 26.2 Å². The molecule has 2 rings (SSSR count). The van der Waals surface area contributed by atoms with Crippen LogP contribution < -0.4 is 19.5 Å². The number of amides is 1. The number of methoxy groups -OCH3 is 3. The monoisotopic (exact) mass is 467 g/mol. The van der Waals surface area contributed by atoms with Gasteiger partial charge in [-0.2, -0.15) is 11.8 Å². The van der Waals surface area contributed by atoms with Crippen molar-refractivity contribution in [2.75, 3.05) is 27.1 Å². The molecule has 1 aromatic carbocycles. The number of hydrogen-bond acceptors (Lipinski definition) is 8. The highest BCUT2D eigenvalue weighted by Crippen LogP contribution is 2.44. The average Bonchev–Trinajstić information content (AvgIpc) is 3.29. The zero-order valence-corrected chi connectivity index (χ0v) is 19.3. The fraction of sp³-hybridized carbons (Fsp3) is 0.381. The van der Waals surface area contributed by atoms with Gasteiger partial charge in [0.1, 0.15) is 6.04 Å². The zero-order valence-electron chi connectivity index (χ0n) is 17.7. The molecule has 168 valence electrons. The third-order valence-corrected chi connectivity index (χ3v) is 6.64.